The minimum absolute atomic E-state index is 0.0313. The largest absolute Gasteiger partial charge is 0.455 e. The average molecular weight is 449 g/mol. The lowest BCUT2D eigenvalue weighted by Crippen LogP contribution is -2.38. The van der Waals surface area contributed by atoms with Gasteiger partial charge in [-0.05, 0) is 36.8 Å². The molecule has 0 unspecified atom stereocenters. The molecule has 0 radical (unpaired) electrons. The molecule has 2 fully saturated rings. The van der Waals surface area contributed by atoms with Crippen molar-refractivity contribution < 1.29 is 22.7 Å². The first-order chi connectivity index (χ1) is 14.3. The van der Waals surface area contributed by atoms with Gasteiger partial charge in [0.05, 0.1) is 23.1 Å². The van der Waals surface area contributed by atoms with E-state index in [4.69, 9.17) is 16.3 Å². The number of carbonyl (C=O) groups is 2. The zero-order valence-electron chi connectivity index (χ0n) is 16.1. The zero-order chi connectivity index (χ0) is 21.3. The van der Waals surface area contributed by atoms with Gasteiger partial charge in [0.2, 0.25) is 11.8 Å². The Bertz CT molecular complexity index is 1070. The van der Waals surface area contributed by atoms with Gasteiger partial charge in [-0.25, -0.2) is 8.42 Å². The number of halogens is 1. The van der Waals surface area contributed by atoms with E-state index in [-0.39, 0.29) is 42.3 Å². The second kappa shape index (κ2) is 8.28. The summed E-state index contributed by atoms with van der Waals surface area (Å²) in [6, 6.07) is 13.7. The van der Waals surface area contributed by atoms with Gasteiger partial charge >= 0.3 is 0 Å². The summed E-state index contributed by atoms with van der Waals surface area (Å²) >= 11 is 6.10. The van der Waals surface area contributed by atoms with E-state index in [1.54, 1.807) is 30.3 Å². The third-order valence-corrected chi connectivity index (χ3v) is 7.33. The van der Waals surface area contributed by atoms with Crippen LogP contribution in [0.15, 0.2) is 48.5 Å². The van der Waals surface area contributed by atoms with Crippen LogP contribution in [0.25, 0.3) is 0 Å². The van der Waals surface area contributed by atoms with Crippen molar-refractivity contribution in [3.8, 4) is 11.5 Å². The highest BCUT2D eigenvalue weighted by Crippen LogP contribution is 2.33. The van der Waals surface area contributed by atoms with Gasteiger partial charge in [-0.3, -0.25) is 9.59 Å². The molecule has 30 heavy (non-hydrogen) atoms. The summed E-state index contributed by atoms with van der Waals surface area (Å²) in [7, 11) is -3.11. The van der Waals surface area contributed by atoms with Crippen molar-refractivity contribution in [3.05, 3.63) is 53.6 Å². The molecule has 9 heteroatoms. The predicted octanol–water partition coefficient (Wildman–Crippen LogP) is 3.11. The van der Waals surface area contributed by atoms with Crippen LogP contribution >= 0.6 is 11.6 Å². The maximum Gasteiger partial charge on any atom is 0.229 e. The van der Waals surface area contributed by atoms with Crippen LogP contribution in [-0.2, 0) is 19.4 Å². The molecule has 1 N–H and O–H groups in total. The van der Waals surface area contributed by atoms with Gasteiger partial charge in [0, 0.05) is 24.0 Å². The van der Waals surface area contributed by atoms with Crippen molar-refractivity contribution >= 4 is 38.9 Å². The second-order valence-electron chi connectivity index (χ2n) is 7.55. The molecule has 0 bridgehead atoms. The van der Waals surface area contributed by atoms with E-state index in [9.17, 15) is 18.0 Å². The summed E-state index contributed by atoms with van der Waals surface area (Å²) in [6.07, 6.45) is 0.476. The molecule has 2 aliphatic rings. The molecule has 2 aromatic carbocycles. The maximum atomic E-state index is 12.9. The fourth-order valence-electron chi connectivity index (χ4n) is 3.82. The van der Waals surface area contributed by atoms with Crippen molar-refractivity contribution in [1.29, 1.82) is 0 Å². The Kier molecular flexibility index (Phi) is 5.71. The molecule has 2 aliphatic heterocycles. The van der Waals surface area contributed by atoms with Gasteiger partial charge in [0.1, 0.15) is 5.75 Å². The number of anilines is 1. The van der Waals surface area contributed by atoms with Gasteiger partial charge in [-0.2, -0.15) is 0 Å². The fraction of sp³-hybridized carbons (Fsp3) is 0.333. The van der Waals surface area contributed by atoms with Crippen LogP contribution in [-0.4, -0.2) is 49.2 Å². The van der Waals surface area contributed by atoms with Crippen molar-refractivity contribution in [2.75, 3.05) is 23.4 Å². The van der Waals surface area contributed by atoms with E-state index < -0.39 is 15.8 Å². The molecule has 158 valence electrons. The number of ether oxygens (including phenoxy) is 1. The Morgan fingerprint density at radius 3 is 2.63 bits per heavy atom. The van der Waals surface area contributed by atoms with Crippen LogP contribution in [0.3, 0.4) is 0 Å². The molecule has 0 aromatic heterocycles. The molecular weight excluding hydrogens is 428 g/mol. The topological polar surface area (TPSA) is 92.8 Å². The summed E-state index contributed by atoms with van der Waals surface area (Å²) in [4.78, 5) is 26.8. The Hall–Kier alpha value is -2.58. The fourth-order valence-corrected chi connectivity index (χ4v) is 5.72. The molecule has 7 nitrogen and oxygen atoms in total. The Labute approximate surface area is 179 Å². The molecule has 0 saturated carbocycles. The van der Waals surface area contributed by atoms with Crippen molar-refractivity contribution in [3.63, 3.8) is 0 Å². The normalized spacial score (nSPS) is 22.8. The lowest BCUT2D eigenvalue weighted by Gasteiger charge is -2.23. The van der Waals surface area contributed by atoms with Crippen molar-refractivity contribution in [2.24, 2.45) is 5.92 Å². The van der Waals surface area contributed by atoms with Gasteiger partial charge in [-0.15, -0.1) is 0 Å². The Morgan fingerprint density at radius 2 is 1.93 bits per heavy atom. The van der Waals surface area contributed by atoms with Gasteiger partial charge in [-0.1, -0.05) is 29.8 Å². The van der Waals surface area contributed by atoms with E-state index in [1.165, 1.54) is 4.90 Å². The van der Waals surface area contributed by atoms with Crippen LogP contribution in [0.1, 0.15) is 12.8 Å². The van der Waals surface area contributed by atoms with Crippen LogP contribution < -0.4 is 10.1 Å². The molecule has 2 amide bonds. The third kappa shape index (κ3) is 4.60. The second-order valence-corrected chi connectivity index (χ2v) is 10.2. The van der Waals surface area contributed by atoms with Crippen molar-refractivity contribution in [1.82, 2.24) is 4.90 Å². The lowest BCUT2D eigenvalue weighted by atomic mass is 10.1. The third-order valence-electron chi connectivity index (χ3n) is 5.35. The van der Waals surface area contributed by atoms with Crippen LogP contribution in [0.2, 0.25) is 5.02 Å². The Balaban J connectivity index is 1.46. The number of benzene rings is 2. The van der Waals surface area contributed by atoms with Gasteiger partial charge in [0.25, 0.3) is 0 Å². The highest BCUT2D eigenvalue weighted by atomic mass is 35.5. The van der Waals surface area contributed by atoms with E-state index in [2.05, 4.69) is 5.32 Å². The van der Waals surface area contributed by atoms with Crippen LogP contribution in [0.4, 0.5) is 5.69 Å². The van der Waals surface area contributed by atoms with E-state index in [1.807, 2.05) is 18.2 Å². The molecular formula is C21H21ClN2O5S. The first-order valence-electron chi connectivity index (χ1n) is 9.64. The van der Waals surface area contributed by atoms with Crippen LogP contribution in [0.5, 0.6) is 11.5 Å². The minimum atomic E-state index is -3.11. The number of likely N-dealkylation sites (tertiary alicyclic amines) is 1. The smallest absolute Gasteiger partial charge is 0.229 e. The summed E-state index contributed by atoms with van der Waals surface area (Å²) in [5.74, 6) is 0.0135. The molecule has 2 atom stereocenters. The maximum absolute atomic E-state index is 12.9. The average Bonchev–Trinajstić information content (AvgIpc) is 3.26. The number of sulfone groups is 1. The van der Waals surface area contributed by atoms with Gasteiger partial charge in [0.15, 0.2) is 15.6 Å². The monoisotopic (exact) mass is 448 g/mol. The number of hydrogen-bond donors (Lipinski definition) is 1. The number of para-hydroxylation sites is 1. The zero-order valence-corrected chi connectivity index (χ0v) is 17.7. The molecule has 2 aromatic rings. The minimum Gasteiger partial charge on any atom is -0.455 e. The number of nitrogens with one attached hydrogen (secondary N) is 1. The van der Waals surface area contributed by atoms with Crippen LogP contribution in [0, 0.1) is 5.92 Å². The standard InChI is InChI=1S/C21H21ClN2O5S/c22-15-6-7-19(29-17-4-2-1-3-5-17)18(11-15)23-21(26)14-10-20(25)24(12-14)16-8-9-30(27,28)13-16/h1-7,11,14,16H,8-10,12-13H2,(H,23,26)/t14-,16-/m0/s1. The number of nitrogens with zero attached hydrogens (tertiary/aromatic N) is 1. The lowest BCUT2D eigenvalue weighted by molar-refractivity contribution is -0.129. The number of amides is 2. The summed E-state index contributed by atoms with van der Waals surface area (Å²) in [5.41, 5.74) is 0.408. The van der Waals surface area contributed by atoms with E-state index >= 15 is 0 Å². The number of rotatable bonds is 5. The predicted molar refractivity (Wildman–Crippen MR) is 113 cm³/mol. The van der Waals surface area contributed by atoms with Gasteiger partial charge < -0.3 is 15.0 Å². The SMILES string of the molecule is O=C(Nc1cc(Cl)ccc1Oc1ccccc1)[C@H]1CC(=O)N([C@H]2CCS(=O)(=O)C2)C1. The van der Waals surface area contributed by atoms with E-state index in [0.717, 1.165) is 0 Å². The highest BCUT2D eigenvalue weighted by molar-refractivity contribution is 7.91. The molecule has 0 aliphatic carbocycles. The molecule has 4 rings (SSSR count). The molecule has 0 spiro atoms. The molecule has 2 heterocycles. The first-order valence-corrected chi connectivity index (χ1v) is 11.8. The number of hydrogen-bond acceptors (Lipinski definition) is 5. The summed E-state index contributed by atoms with van der Waals surface area (Å²) in [5, 5.41) is 3.25. The highest BCUT2D eigenvalue weighted by Gasteiger charge is 2.42. The quantitative estimate of drug-likeness (QED) is 0.758. The van der Waals surface area contributed by atoms with E-state index in [0.29, 0.717) is 28.6 Å². The Morgan fingerprint density at radius 1 is 1.17 bits per heavy atom. The summed E-state index contributed by atoms with van der Waals surface area (Å²) in [6.45, 7) is 0.209. The summed E-state index contributed by atoms with van der Waals surface area (Å²) < 4.78 is 29.3. The first kappa shape index (κ1) is 20.7. The molecule has 2 saturated heterocycles. The number of carbonyl (C=O) groups excluding carboxylic acids is 2. The van der Waals surface area contributed by atoms with Crippen molar-refractivity contribution in [2.45, 2.75) is 18.9 Å².